The molecule has 2 aromatic rings. The van der Waals surface area contributed by atoms with Gasteiger partial charge in [0.2, 0.25) is 0 Å². The number of ether oxygens (including phenoxy) is 1. The lowest BCUT2D eigenvalue weighted by atomic mass is 10.0. The van der Waals surface area contributed by atoms with E-state index in [4.69, 9.17) is 9.73 Å². The van der Waals surface area contributed by atoms with Crippen molar-refractivity contribution in [1.82, 2.24) is 30.3 Å². The highest BCUT2D eigenvalue weighted by molar-refractivity contribution is 5.80. The van der Waals surface area contributed by atoms with Crippen molar-refractivity contribution in [3.63, 3.8) is 0 Å². The molecule has 8 nitrogen and oxygen atoms in total. The Labute approximate surface area is 186 Å². The number of nitrogens with zero attached hydrogens (tertiary/aromatic N) is 5. The van der Waals surface area contributed by atoms with Gasteiger partial charge in [-0.3, -0.25) is 4.90 Å². The summed E-state index contributed by atoms with van der Waals surface area (Å²) in [5.41, 5.74) is 1.36. The molecule has 3 rings (SSSR count). The monoisotopic (exact) mass is 427 g/mol. The van der Waals surface area contributed by atoms with Gasteiger partial charge in [-0.15, -0.1) is 10.2 Å². The number of benzene rings is 1. The van der Waals surface area contributed by atoms with Crippen LogP contribution in [0.4, 0.5) is 0 Å². The maximum Gasteiger partial charge on any atom is 0.191 e. The summed E-state index contributed by atoms with van der Waals surface area (Å²) in [5.74, 6) is 2.60. The molecular formula is C23H37N7O. The number of aliphatic imine (C=N–C) groups is 1. The molecule has 1 atom stereocenters. The van der Waals surface area contributed by atoms with Gasteiger partial charge in [0.15, 0.2) is 11.8 Å². The molecule has 0 aliphatic carbocycles. The number of hydrogen-bond donors (Lipinski definition) is 2. The van der Waals surface area contributed by atoms with Crippen LogP contribution < -0.4 is 10.6 Å². The van der Waals surface area contributed by atoms with Crippen LogP contribution in [0.1, 0.15) is 43.4 Å². The van der Waals surface area contributed by atoms with Gasteiger partial charge in [-0.2, -0.15) is 0 Å². The van der Waals surface area contributed by atoms with E-state index in [1.165, 1.54) is 12.0 Å². The molecule has 1 aromatic heterocycles. The third-order valence-corrected chi connectivity index (χ3v) is 5.62. The number of rotatable bonds is 10. The topological polar surface area (TPSA) is 79.6 Å². The summed E-state index contributed by atoms with van der Waals surface area (Å²) in [7, 11) is 1.98. The lowest BCUT2D eigenvalue weighted by molar-refractivity contribution is 0.145. The van der Waals surface area contributed by atoms with E-state index in [0.29, 0.717) is 12.6 Å². The maximum absolute atomic E-state index is 5.46. The molecular weight excluding hydrogens is 390 g/mol. The van der Waals surface area contributed by atoms with Crippen molar-refractivity contribution in [2.24, 2.45) is 12.0 Å². The minimum Gasteiger partial charge on any atom is -0.382 e. The van der Waals surface area contributed by atoms with Crippen LogP contribution in [0.15, 0.2) is 35.3 Å². The minimum absolute atomic E-state index is 0.372. The summed E-state index contributed by atoms with van der Waals surface area (Å²) >= 11 is 0. The van der Waals surface area contributed by atoms with Crippen LogP contribution in [0.5, 0.6) is 0 Å². The van der Waals surface area contributed by atoms with Crippen LogP contribution in [0.25, 0.3) is 0 Å². The largest absolute Gasteiger partial charge is 0.382 e. The molecule has 1 aliphatic rings. The quantitative estimate of drug-likeness (QED) is 0.344. The van der Waals surface area contributed by atoms with Crippen molar-refractivity contribution in [2.45, 2.75) is 52.2 Å². The van der Waals surface area contributed by atoms with Crippen molar-refractivity contribution in [3.8, 4) is 0 Å². The van der Waals surface area contributed by atoms with Crippen molar-refractivity contribution < 1.29 is 4.74 Å². The Balaban J connectivity index is 1.57. The maximum atomic E-state index is 5.46. The summed E-state index contributed by atoms with van der Waals surface area (Å²) in [6, 6.07) is 11.1. The average Bonchev–Trinajstić information content (AvgIpc) is 3.10. The first kappa shape index (κ1) is 23.2. The van der Waals surface area contributed by atoms with Crippen LogP contribution in [-0.2, 0) is 24.9 Å². The summed E-state index contributed by atoms with van der Waals surface area (Å²) in [4.78, 5) is 7.32. The van der Waals surface area contributed by atoms with E-state index in [-0.39, 0.29) is 0 Å². The van der Waals surface area contributed by atoms with Gasteiger partial charge >= 0.3 is 0 Å². The van der Waals surface area contributed by atoms with E-state index < -0.39 is 0 Å². The van der Waals surface area contributed by atoms with Gasteiger partial charge in [-0.25, -0.2) is 4.99 Å². The molecule has 31 heavy (non-hydrogen) atoms. The molecule has 170 valence electrons. The molecule has 1 fully saturated rings. The van der Waals surface area contributed by atoms with E-state index in [1.807, 2.05) is 25.5 Å². The molecule has 0 spiro atoms. The second kappa shape index (κ2) is 12.4. The molecule has 0 bridgehead atoms. The van der Waals surface area contributed by atoms with Crippen LogP contribution in [0, 0.1) is 6.92 Å². The third-order valence-electron chi connectivity index (χ3n) is 5.62. The van der Waals surface area contributed by atoms with E-state index in [0.717, 1.165) is 69.8 Å². The zero-order valence-electron chi connectivity index (χ0n) is 19.2. The van der Waals surface area contributed by atoms with Gasteiger partial charge in [0, 0.05) is 45.9 Å². The summed E-state index contributed by atoms with van der Waals surface area (Å²) in [5, 5.41) is 15.5. The molecule has 0 amide bonds. The first-order valence-electron chi connectivity index (χ1n) is 11.4. The fourth-order valence-electron chi connectivity index (χ4n) is 3.77. The number of likely N-dealkylation sites (tertiary alicyclic amines) is 1. The number of hydrogen-bond acceptors (Lipinski definition) is 5. The van der Waals surface area contributed by atoms with Crippen molar-refractivity contribution >= 4 is 5.96 Å². The number of nitrogens with one attached hydrogen (secondary N) is 2. The molecule has 1 aliphatic heterocycles. The normalized spacial score (nSPS) is 17.6. The summed E-state index contributed by atoms with van der Waals surface area (Å²) in [6.07, 6.45) is 3.28. The Morgan fingerprint density at radius 2 is 2.10 bits per heavy atom. The predicted molar refractivity (Wildman–Crippen MR) is 124 cm³/mol. The smallest absolute Gasteiger partial charge is 0.191 e. The van der Waals surface area contributed by atoms with Crippen LogP contribution in [0.2, 0.25) is 0 Å². The molecule has 1 saturated heterocycles. The van der Waals surface area contributed by atoms with Gasteiger partial charge < -0.3 is 19.9 Å². The second-order valence-electron chi connectivity index (χ2n) is 8.07. The van der Waals surface area contributed by atoms with Crippen LogP contribution in [-0.4, -0.2) is 64.5 Å². The fourth-order valence-corrected chi connectivity index (χ4v) is 3.77. The van der Waals surface area contributed by atoms with Crippen LogP contribution in [0.3, 0.4) is 0 Å². The molecule has 8 heteroatoms. The Kier molecular flexibility index (Phi) is 9.30. The van der Waals surface area contributed by atoms with Crippen LogP contribution >= 0.6 is 0 Å². The average molecular weight is 428 g/mol. The molecule has 2 N–H and O–H groups in total. The van der Waals surface area contributed by atoms with Crippen molar-refractivity contribution in [1.29, 1.82) is 0 Å². The van der Waals surface area contributed by atoms with E-state index in [2.05, 4.69) is 56.1 Å². The molecule has 2 heterocycles. The van der Waals surface area contributed by atoms with Crippen molar-refractivity contribution in [2.75, 3.05) is 32.8 Å². The van der Waals surface area contributed by atoms with Crippen molar-refractivity contribution in [3.05, 3.63) is 47.5 Å². The Hall–Kier alpha value is -2.45. The van der Waals surface area contributed by atoms with Gasteiger partial charge in [-0.05, 0) is 45.2 Å². The Morgan fingerprint density at radius 3 is 2.84 bits per heavy atom. The van der Waals surface area contributed by atoms with Gasteiger partial charge in [-0.1, -0.05) is 30.3 Å². The fraction of sp³-hybridized carbons (Fsp3) is 0.609. The third kappa shape index (κ3) is 7.63. The first-order chi connectivity index (χ1) is 15.2. The first-order valence-corrected chi connectivity index (χ1v) is 11.4. The van der Waals surface area contributed by atoms with Gasteiger partial charge in [0.1, 0.15) is 12.4 Å². The Morgan fingerprint density at radius 1 is 1.26 bits per heavy atom. The second-order valence-corrected chi connectivity index (χ2v) is 8.07. The van der Waals surface area contributed by atoms with E-state index >= 15 is 0 Å². The number of aromatic nitrogens is 3. The molecule has 1 aromatic carbocycles. The molecule has 0 radical (unpaired) electrons. The Bertz CT molecular complexity index is 806. The standard InChI is InChI=1S/C23H37N7O/c1-4-31-15-9-13-24-23(25-16-22-28-27-19(2)29(22)3)26-21-12-8-14-30(18-21)17-20-10-6-5-7-11-20/h5-7,10-11,21H,4,8-9,12-18H2,1-3H3,(H2,24,25,26). The summed E-state index contributed by atoms with van der Waals surface area (Å²) < 4.78 is 7.44. The highest BCUT2D eigenvalue weighted by Gasteiger charge is 2.21. The lowest BCUT2D eigenvalue weighted by Gasteiger charge is -2.34. The highest BCUT2D eigenvalue weighted by Crippen LogP contribution is 2.14. The van der Waals surface area contributed by atoms with E-state index in [1.54, 1.807) is 0 Å². The zero-order chi connectivity index (χ0) is 21.9. The number of aryl methyl sites for hydroxylation is 1. The van der Waals surface area contributed by atoms with Gasteiger partial charge in [0.25, 0.3) is 0 Å². The minimum atomic E-state index is 0.372. The predicted octanol–water partition coefficient (Wildman–Crippen LogP) is 2.25. The number of guanidine groups is 1. The van der Waals surface area contributed by atoms with E-state index in [9.17, 15) is 0 Å². The van der Waals surface area contributed by atoms with Gasteiger partial charge in [0.05, 0.1) is 0 Å². The molecule has 1 unspecified atom stereocenters. The lowest BCUT2D eigenvalue weighted by Crippen LogP contribution is -2.51. The molecule has 0 saturated carbocycles. The number of piperidine rings is 1. The SMILES string of the molecule is CCOCCCNC(=NCc1nnc(C)n1C)NC1CCCN(Cc2ccccc2)C1. The summed E-state index contributed by atoms with van der Waals surface area (Å²) in [6.45, 7) is 9.95. The highest BCUT2D eigenvalue weighted by atomic mass is 16.5. The zero-order valence-corrected chi connectivity index (χ0v) is 19.2.